The summed E-state index contributed by atoms with van der Waals surface area (Å²) < 4.78 is 5.11. The summed E-state index contributed by atoms with van der Waals surface area (Å²) in [4.78, 5) is 30.7. The Morgan fingerprint density at radius 1 is 1.15 bits per heavy atom. The highest BCUT2D eigenvalue weighted by molar-refractivity contribution is 5.79. The second kappa shape index (κ2) is 7.02. The second-order valence-electron chi connectivity index (χ2n) is 8.91. The first-order valence-corrected chi connectivity index (χ1v) is 10.5. The SMILES string of the molecule is CCOC(=O)N1CC2(CCC(N3CCC(N4C(=O)CCC4C)CC3)C2)C1. The molecule has 0 bridgehead atoms. The van der Waals surface area contributed by atoms with Crippen LogP contribution in [0.4, 0.5) is 4.79 Å². The Bertz CT molecular complexity index is 553. The van der Waals surface area contributed by atoms with Crippen LogP contribution in [-0.4, -0.2) is 77.6 Å². The zero-order chi connectivity index (χ0) is 18.3. The smallest absolute Gasteiger partial charge is 0.409 e. The molecule has 6 nitrogen and oxygen atoms in total. The van der Waals surface area contributed by atoms with E-state index in [1.165, 1.54) is 19.3 Å². The Labute approximate surface area is 156 Å². The van der Waals surface area contributed by atoms with E-state index in [1.807, 2.05) is 11.8 Å². The molecule has 3 aliphatic heterocycles. The Kier molecular flexibility index (Phi) is 4.88. The topological polar surface area (TPSA) is 53.1 Å². The molecule has 4 rings (SSSR count). The van der Waals surface area contributed by atoms with Crippen LogP contribution in [0, 0.1) is 5.41 Å². The lowest BCUT2D eigenvalue weighted by Crippen LogP contribution is -2.58. The van der Waals surface area contributed by atoms with Gasteiger partial charge in [0.25, 0.3) is 0 Å². The largest absolute Gasteiger partial charge is 0.450 e. The Hall–Kier alpha value is -1.30. The standard InChI is InChI=1S/C20H33N3O3/c1-3-26-19(25)22-13-20(14-22)9-6-17(12-20)21-10-7-16(8-11-21)23-15(2)4-5-18(23)24/h15-17H,3-14H2,1-2H3. The van der Waals surface area contributed by atoms with Gasteiger partial charge in [0.1, 0.15) is 0 Å². The minimum atomic E-state index is -0.146. The lowest BCUT2D eigenvalue weighted by Gasteiger charge is -2.48. The molecule has 1 saturated carbocycles. The number of rotatable bonds is 3. The van der Waals surface area contributed by atoms with Crippen molar-refractivity contribution >= 4 is 12.0 Å². The fourth-order valence-corrected chi connectivity index (χ4v) is 5.82. The molecule has 6 heteroatoms. The van der Waals surface area contributed by atoms with E-state index in [4.69, 9.17) is 4.74 Å². The predicted molar refractivity (Wildman–Crippen MR) is 98.8 cm³/mol. The summed E-state index contributed by atoms with van der Waals surface area (Å²) in [6.07, 6.45) is 7.56. The number of nitrogens with zero attached hydrogens (tertiary/aromatic N) is 3. The van der Waals surface area contributed by atoms with E-state index in [2.05, 4.69) is 16.7 Å². The quantitative estimate of drug-likeness (QED) is 0.773. The first kappa shape index (κ1) is 18.1. The van der Waals surface area contributed by atoms with Gasteiger partial charge in [-0.05, 0) is 52.4 Å². The number of carbonyl (C=O) groups excluding carboxylic acids is 2. The van der Waals surface area contributed by atoms with Crippen LogP contribution in [0.2, 0.25) is 0 Å². The van der Waals surface area contributed by atoms with Gasteiger partial charge in [-0.25, -0.2) is 4.79 Å². The number of carbonyl (C=O) groups is 2. The average molecular weight is 364 g/mol. The van der Waals surface area contributed by atoms with Gasteiger partial charge in [-0.1, -0.05) is 0 Å². The molecule has 1 aliphatic carbocycles. The second-order valence-corrected chi connectivity index (χ2v) is 8.91. The van der Waals surface area contributed by atoms with Gasteiger partial charge in [0.15, 0.2) is 0 Å². The van der Waals surface area contributed by atoms with Gasteiger partial charge in [0, 0.05) is 56.1 Å². The summed E-state index contributed by atoms with van der Waals surface area (Å²) in [5, 5.41) is 0. The minimum absolute atomic E-state index is 0.146. The Morgan fingerprint density at radius 3 is 2.50 bits per heavy atom. The van der Waals surface area contributed by atoms with Gasteiger partial charge in [-0.15, -0.1) is 0 Å². The predicted octanol–water partition coefficient (Wildman–Crippen LogP) is 2.47. The van der Waals surface area contributed by atoms with Crippen molar-refractivity contribution in [2.75, 3.05) is 32.8 Å². The summed E-state index contributed by atoms with van der Waals surface area (Å²) >= 11 is 0. The van der Waals surface area contributed by atoms with E-state index < -0.39 is 0 Å². The van der Waals surface area contributed by atoms with E-state index in [0.717, 1.165) is 51.9 Å². The molecular formula is C20H33N3O3. The number of hydrogen-bond donors (Lipinski definition) is 0. The molecule has 0 aromatic heterocycles. The van der Waals surface area contributed by atoms with Crippen LogP contribution in [0.25, 0.3) is 0 Å². The van der Waals surface area contributed by atoms with E-state index in [0.29, 0.717) is 36.1 Å². The highest BCUT2D eigenvalue weighted by atomic mass is 16.6. The molecule has 26 heavy (non-hydrogen) atoms. The monoisotopic (exact) mass is 363 g/mol. The van der Waals surface area contributed by atoms with Crippen LogP contribution in [-0.2, 0) is 9.53 Å². The van der Waals surface area contributed by atoms with Gasteiger partial charge in [0.05, 0.1) is 6.61 Å². The maximum Gasteiger partial charge on any atom is 0.409 e. The molecule has 4 fully saturated rings. The summed E-state index contributed by atoms with van der Waals surface area (Å²) in [5.74, 6) is 0.365. The molecular weight excluding hydrogens is 330 g/mol. The highest BCUT2D eigenvalue weighted by Crippen LogP contribution is 2.47. The third-order valence-electron chi connectivity index (χ3n) is 7.20. The van der Waals surface area contributed by atoms with Crippen molar-refractivity contribution in [1.29, 1.82) is 0 Å². The van der Waals surface area contributed by atoms with Crippen molar-refractivity contribution in [3.8, 4) is 0 Å². The first-order valence-electron chi connectivity index (χ1n) is 10.5. The van der Waals surface area contributed by atoms with Gasteiger partial charge < -0.3 is 19.4 Å². The zero-order valence-electron chi connectivity index (χ0n) is 16.3. The maximum absolute atomic E-state index is 12.2. The fraction of sp³-hybridized carbons (Fsp3) is 0.900. The third kappa shape index (κ3) is 3.21. The lowest BCUT2D eigenvalue weighted by atomic mass is 9.78. The third-order valence-corrected chi connectivity index (χ3v) is 7.20. The number of amides is 2. The molecule has 2 atom stereocenters. The minimum Gasteiger partial charge on any atom is -0.450 e. The van der Waals surface area contributed by atoms with Gasteiger partial charge in [-0.2, -0.15) is 0 Å². The summed E-state index contributed by atoms with van der Waals surface area (Å²) in [7, 11) is 0. The number of likely N-dealkylation sites (tertiary alicyclic amines) is 3. The number of ether oxygens (including phenoxy) is 1. The van der Waals surface area contributed by atoms with E-state index in [1.54, 1.807) is 0 Å². The molecule has 4 aliphatic rings. The van der Waals surface area contributed by atoms with Crippen molar-refractivity contribution in [3.63, 3.8) is 0 Å². The molecule has 2 amide bonds. The zero-order valence-corrected chi connectivity index (χ0v) is 16.3. The maximum atomic E-state index is 12.2. The number of hydrogen-bond acceptors (Lipinski definition) is 4. The van der Waals surface area contributed by atoms with Crippen molar-refractivity contribution in [3.05, 3.63) is 0 Å². The molecule has 146 valence electrons. The van der Waals surface area contributed by atoms with E-state index in [9.17, 15) is 9.59 Å². The molecule has 0 aromatic carbocycles. The molecule has 3 saturated heterocycles. The van der Waals surface area contributed by atoms with Crippen LogP contribution in [0.3, 0.4) is 0 Å². The lowest BCUT2D eigenvalue weighted by molar-refractivity contribution is -0.132. The van der Waals surface area contributed by atoms with Crippen molar-refractivity contribution in [1.82, 2.24) is 14.7 Å². The van der Waals surface area contributed by atoms with Crippen LogP contribution in [0.15, 0.2) is 0 Å². The Morgan fingerprint density at radius 2 is 1.88 bits per heavy atom. The molecule has 3 heterocycles. The van der Waals surface area contributed by atoms with Crippen LogP contribution in [0.1, 0.15) is 58.8 Å². The Balaban J connectivity index is 1.25. The van der Waals surface area contributed by atoms with Crippen molar-refractivity contribution in [2.24, 2.45) is 5.41 Å². The molecule has 0 radical (unpaired) electrons. The van der Waals surface area contributed by atoms with E-state index >= 15 is 0 Å². The van der Waals surface area contributed by atoms with Crippen molar-refractivity contribution in [2.45, 2.75) is 76.9 Å². The fourth-order valence-electron chi connectivity index (χ4n) is 5.82. The number of piperidine rings is 1. The van der Waals surface area contributed by atoms with E-state index in [-0.39, 0.29) is 6.09 Å². The summed E-state index contributed by atoms with van der Waals surface area (Å²) in [6, 6.07) is 1.54. The van der Waals surface area contributed by atoms with Crippen molar-refractivity contribution < 1.29 is 14.3 Å². The average Bonchev–Trinajstić information content (AvgIpc) is 3.18. The summed E-state index contributed by atoms with van der Waals surface area (Å²) in [5.41, 5.74) is 0.341. The normalized spacial score (nSPS) is 32.3. The van der Waals surface area contributed by atoms with Gasteiger partial charge in [-0.3, -0.25) is 4.79 Å². The van der Waals surface area contributed by atoms with Gasteiger partial charge >= 0.3 is 6.09 Å². The first-order chi connectivity index (χ1) is 12.5. The molecule has 0 N–H and O–H groups in total. The summed E-state index contributed by atoms with van der Waals surface area (Å²) in [6.45, 7) is 8.49. The van der Waals surface area contributed by atoms with Crippen LogP contribution in [0.5, 0.6) is 0 Å². The van der Waals surface area contributed by atoms with Crippen LogP contribution >= 0.6 is 0 Å². The highest BCUT2D eigenvalue weighted by Gasteiger charge is 2.51. The molecule has 2 unspecified atom stereocenters. The van der Waals surface area contributed by atoms with Gasteiger partial charge in [0.2, 0.25) is 5.91 Å². The molecule has 1 spiro atoms. The molecule has 0 aromatic rings. The van der Waals surface area contributed by atoms with Crippen LogP contribution < -0.4 is 0 Å².